The lowest BCUT2D eigenvalue weighted by molar-refractivity contribution is 0.984. The van der Waals surface area contributed by atoms with Crippen molar-refractivity contribution < 1.29 is 0 Å². The molecular weight excluding hydrogens is 498 g/mol. The van der Waals surface area contributed by atoms with Gasteiger partial charge in [0.25, 0.3) is 0 Å². The summed E-state index contributed by atoms with van der Waals surface area (Å²) in [5.74, 6) is 0. The standard InChI is InChI=1S/C38H25N3/c1-2-8-29-25(7-1)15-18-27-19-21-33(39-37(27)29)26-16-13-24(14-17-26)28-20-22-35-32(23-28)30-9-3-4-10-31(30)38-40-34-11-5-6-12-36(34)41(35)38/h1-3,5-9,11-23H,4,10H2. The lowest BCUT2D eigenvalue weighted by Gasteiger charge is -2.17. The molecule has 1 aliphatic rings. The quantitative estimate of drug-likeness (QED) is 0.211. The number of hydrogen-bond acceptors (Lipinski definition) is 2. The Morgan fingerprint density at radius 2 is 1.37 bits per heavy atom. The number of allylic oxidation sites excluding steroid dienone is 1. The van der Waals surface area contributed by atoms with Gasteiger partial charge in [-0.1, -0.05) is 97.1 Å². The fourth-order valence-corrected chi connectivity index (χ4v) is 6.60. The minimum absolute atomic E-state index is 0.993. The summed E-state index contributed by atoms with van der Waals surface area (Å²) in [6.45, 7) is 0. The van der Waals surface area contributed by atoms with Gasteiger partial charge in [-0.05, 0) is 65.3 Å². The van der Waals surface area contributed by atoms with Crippen molar-refractivity contribution in [1.29, 1.82) is 0 Å². The van der Waals surface area contributed by atoms with E-state index >= 15 is 0 Å². The maximum absolute atomic E-state index is 5.10. The first-order chi connectivity index (χ1) is 20.3. The zero-order chi connectivity index (χ0) is 26.9. The Hall–Kier alpha value is -5.28. The molecule has 0 N–H and O–H groups in total. The molecule has 3 aromatic heterocycles. The number of nitrogens with zero attached hydrogens (tertiary/aromatic N) is 3. The lowest BCUT2D eigenvalue weighted by Crippen LogP contribution is -2.02. The fourth-order valence-electron chi connectivity index (χ4n) is 6.60. The SMILES string of the molecule is C1=Cc2c(c3nc4ccccc4n3c3ccc(-c4ccc(-c5ccc6ccc7ccccc7c6n5)cc4)cc23)CC1. The van der Waals surface area contributed by atoms with E-state index in [0.717, 1.165) is 51.7 Å². The summed E-state index contributed by atoms with van der Waals surface area (Å²) < 4.78 is 2.35. The molecule has 0 aliphatic heterocycles. The third-order valence-electron chi connectivity index (χ3n) is 8.63. The van der Waals surface area contributed by atoms with E-state index in [1.165, 1.54) is 43.9 Å². The third kappa shape index (κ3) is 3.39. The Kier molecular flexibility index (Phi) is 4.73. The van der Waals surface area contributed by atoms with Gasteiger partial charge in [0, 0.05) is 27.3 Å². The van der Waals surface area contributed by atoms with Crippen LogP contribution in [0.5, 0.6) is 0 Å². The summed E-state index contributed by atoms with van der Waals surface area (Å²) in [7, 11) is 0. The molecule has 0 saturated carbocycles. The average Bonchev–Trinajstić information content (AvgIpc) is 3.45. The van der Waals surface area contributed by atoms with Crippen LogP contribution in [0.15, 0.2) is 121 Å². The summed E-state index contributed by atoms with van der Waals surface area (Å²) >= 11 is 0. The normalized spacial score (nSPS) is 13.1. The van der Waals surface area contributed by atoms with Gasteiger partial charge in [-0.15, -0.1) is 0 Å². The van der Waals surface area contributed by atoms with Crippen LogP contribution in [0.2, 0.25) is 0 Å². The Morgan fingerprint density at radius 1 is 0.585 bits per heavy atom. The van der Waals surface area contributed by atoms with Crippen molar-refractivity contribution >= 4 is 55.3 Å². The first-order valence-electron chi connectivity index (χ1n) is 14.2. The molecule has 3 heterocycles. The molecule has 0 radical (unpaired) electrons. The van der Waals surface area contributed by atoms with Gasteiger partial charge in [0.1, 0.15) is 5.65 Å². The van der Waals surface area contributed by atoms with E-state index in [9.17, 15) is 0 Å². The van der Waals surface area contributed by atoms with Crippen LogP contribution in [0.1, 0.15) is 17.5 Å². The number of benzene rings is 5. The summed E-state index contributed by atoms with van der Waals surface area (Å²) in [6, 6.07) is 41.3. The lowest BCUT2D eigenvalue weighted by atomic mass is 9.92. The summed E-state index contributed by atoms with van der Waals surface area (Å²) in [4.78, 5) is 10.2. The van der Waals surface area contributed by atoms with Crippen LogP contribution < -0.4 is 0 Å². The van der Waals surface area contributed by atoms with Crippen molar-refractivity contribution in [3.05, 3.63) is 132 Å². The number of para-hydroxylation sites is 2. The van der Waals surface area contributed by atoms with Gasteiger partial charge in [0.15, 0.2) is 0 Å². The van der Waals surface area contributed by atoms with Crippen molar-refractivity contribution in [3.8, 4) is 22.4 Å². The van der Waals surface area contributed by atoms with E-state index < -0.39 is 0 Å². The molecule has 8 aromatic rings. The van der Waals surface area contributed by atoms with Crippen molar-refractivity contribution in [2.45, 2.75) is 12.8 Å². The second-order valence-electron chi connectivity index (χ2n) is 11.0. The zero-order valence-electron chi connectivity index (χ0n) is 22.4. The number of fused-ring (bicyclic) bond motifs is 11. The Labute approximate surface area is 237 Å². The number of pyridine rings is 2. The van der Waals surface area contributed by atoms with Crippen LogP contribution in [0.4, 0.5) is 0 Å². The van der Waals surface area contributed by atoms with Gasteiger partial charge in [0.05, 0.1) is 27.8 Å². The molecule has 9 rings (SSSR count). The predicted octanol–water partition coefficient (Wildman–Crippen LogP) is 9.64. The number of hydrogen-bond donors (Lipinski definition) is 0. The Morgan fingerprint density at radius 3 is 2.32 bits per heavy atom. The molecule has 0 atom stereocenters. The number of aryl methyl sites for hydroxylation is 1. The first kappa shape index (κ1) is 22.5. The smallest absolute Gasteiger partial charge is 0.142 e. The van der Waals surface area contributed by atoms with Gasteiger partial charge >= 0.3 is 0 Å². The highest BCUT2D eigenvalue weighted by Crippen LogP contribution is 2.36. The Bertz CT molecular complexity index is 2360. The highest BCUT2D eigenvalue weighted by Gasteiger charge is 2.19. The van der Waals surface area contributed by atoms with E-state index in [2.05, 4.69) is 132 Å². The maximum Gasteiger partial charge on any atom is 0.142 e. The van der Waals surface area contributed by atoms with Gasteiger partial charge in [-0.3, -0.25) is 4.40 Å². The van der Waals surface area contributed by atoms with Gasteiger partial charge < -0.3 is 0 Å². The summed E-state index contributed by atoms with van der Waals surface area (Å²) in [5.41, 5.74) is 12.7. The van der Waals surface area contributed by atoms with Crippen LogP contribution in [-0.2, 0) is 6.42 Å². The van der Waals surface area contributed by atoms with E-state index in [1.807, 2.05) is 0 Å². The zero-order valence-corrected chi connectivity index (χ0v) is 22.4. The molecule has 0 amide bonds. The monoisotopic (exact) mass is 523 g/mol. The largest absolute Gasteiger partial charge is 0.292 e. The number of aromatic nitrogens is 3. The van der Waals surface area contributed by atoms with Crippen LogP contribution in [-0.4, -0.2) is 14.4 Å². The van der Waals surface area contributed by atoms with Gasteiger partial charge in [-0.2, -0.15) is 0 Å². The number of imidazole rings is 1. The predicted molar refractivity (Wildman–Crippen MR) is 171 cm³/mol. The Balaban J connectivity index is 1.17. The second kappa shape index (κ2) is 8.61. The van der Waals surface area contributed by atoms with E-state index in [-0.39, 0.29) is 0 Å². The third-order valence-corrected chi connectivity index (χ3v) is 8.63. The van der Waals surface area contributed by atoms with Crippen LogP contribution in [0.25, 0.3) is 77.7 Å². The molecule has 0 unspecified atom stereocenters. The average molecular weight is 524 g/mol. The van der Waals surface area contributed by atoms with E-state index in [0.29, 0.717) is 0 Å². The second-order valence-corrected chi connectivity index (χ2v) is 11.0. The highest BCUT2D eigenvalue weighted by atomic mass is 15.0. The fraction of sp³-hybridized carbons (Fsp3) is 0.0526. The highest BCUT2D eigenvalue weighted by molar-refractivity contribution is 6.06. The van der Waals surface area contributed by atoms with E-state index in [4.69, 9.17) is 9.97 Å². The minimum atomic E-state index is 0.993. The van der Waals surface area contributed by atoms with Crippen molar-refractivity contribution in [3.63, 3.8) is 0 Å². The van der Waals surface area contributed by atoms with E-state index in [1.54, 1.807) is 0 Å². The molecule has 1 aliphatic carbocycles. The molecule has 0 saturated heterocycles. The summed E-state index contributed by atoms with van der Waals surface area (Å²) in [5, 5.41) is 4.85. The van der Waals surface area contributed by atoms with Crippen molar-refractivity contribution in [1.82, 2.24) is 14.4 Å². The van der Waals surface area contributed by atoms with Gasteiger partial charge in [0.2, 0.25) is 0 Å². The minimum Gasteiger partial charge on any atom is -0.292 e. The number of rotatable bonds is 2. The van der Waals surface area contributed by atoms with Crippen molar-refractivity contribution in [2.24, 2.45) is 0 Å². The molecule has 5 aromatic carbocycles. The molecule has 0 fully saturated rings. The first-order valence-corrected chi connectivity index (χ1v) is 14.2. The molecular formula is C38H25N3. The molecule has 41 heavy (non-hydrogen) atoms. The van der Waals surface area contributed by atoms with Crippen LogP contribution in [0.3, 0.4) is 0 Å². The molecule has 3 nitrogen and oxygen atoms in total. The van der Waals surface area contributed by atoms with Crippen LogP contribution >= 0.6 is 0 Å². The summed E-state index contributed by atoms with van der Waals surface area (Å²) in [6.07, 6.45) is 6.66. The molecule has 0 bridgehead atoms. The van der Waals surface area contributed by atoms with Gasteiger partial charge in [-0.25, -0.2) is 9.97 Å². The molecule has 192 valence electrons. The molecule has 0 spiro atoms. The maximum atomic E-state index is 5.10. The van der Waals surface area contributed by atoms with Crippen LogP contribution in [0, 0.1) is 0 Å². The topological polar surface area (TPSA) is 30.2 Å². The molecule has 3 heteroatoms. The van der Waals surface area contributed by atoms with Crippen molar-refractivity contribution in [2.75, 3.05) is 0 Å².